The van der Waals surface area contributed by atoms with Crippen LogP contribution in [-0.4, -0.2) is 60.9 Å². The molecule has 0 bridgehead atoms. The maximum atomic E-state index is 12.7. The molecule has 0 aromatic carbocycles. The van der Waals surface area contributed by atoms with Gasteiger partial charge < -0.3 is 19.5 Å². The van der Waals surface area contributed by atoms with Gasteiger partial charge in [0.25, 0.3) is 0 Å². The number of hydrogen-bond donors (Lipinski definition) is 1. The topological polar surface area (TPSA) is 76.1 Å². The van der Waals surface area contributed by atoms with Crippen LogP contribution in [0.3, 0.4) is 0 Å². The summed E-state index contributed by atoms with van der Waals surface area (Å²) in [5.74, 6) is -0.0520. The Morgan fingerprint density at radius 1 is 0.500 bits per heavy atom. The van der Waals surface area contributed by atoms with Crippen molar-refractivity contribution in [2.24, 2.45) is 0 Å². The number of carbonyl (C=O) groups is 2. The summed E-state index contributed by atoms with van der Waals surface area (Å²) in [4.78, 5) is 26.9. The van der Waals surface area contributed by atoms with Gasteiger partial charge in [-0.3, -0.25) is 9.59 Å². The molecule has 274 valence electrons. The van der Waals surface area contributed by atoms with Gasteiger partial charge in [-0.2, -0.15) is 0 Å². The van der Waals surface area contributed by atoms with Crippen molar-refractivity contribution in [1.29, 1.82) is 0 Å². The Balaban J connectivity index is 4.05. The number of nitrogens with zero attached hydrogens (tertiary/aromatic N) is 1. The Labute approximate surface area is 286 Å². The Morgan fingerprint density at radius 2 is 0.913 bits per heavy atom. The highest BCUT2D eigenvalue weighted by Crippen LogP contribution is 2.18. The minimum absolute atomic E-state index is 0.00940. The lowest BCUT2D eigenvalue weighted by Gasteiger charge is -2.21. The summed E-state index contributed by atoms with van der Waals surface area (Å²) in [6.45, 7) is 10.2. The van der Waals surface area contributed by atoms with E-state index in [1.807, 2.05) is 0 Å². The molecule has 0 unspecified atom stereocenters. The summed E-state index contributed by atoms with van der Waals surface area (Å²) in [5.41, 5.74) is 0. The quantitative estimate of drug-likeness (QED) is 0.0531. The molecule has 0 saturated heterocycles. The molecule has 0 aliphatic carbocycles. The van der Waals surface area contributed by atoms with Gasteiger partial charge in [0.15, 0.2) is 0 Å². The standard InChI is InChI=1S/C40H79NO5/c1-4-7-10-13-16-22-29-38(30-23-17-14-11-8-5-2)46-40(44)32-25-21-27-34-41(35-36-42)33-26-19-15-18-24-31-39(43)45-37-28-20-12-9-6-3/h38,42H,4-37H2,1-3H3. The zero-order valence-electron chi connectivity index (χ0n) is 31.1. The molecule has 0 spiro atoms. The van der Waals surface area contributed by atoms with E-state index >= 15 is 0 Å². The molecule has 0 heterocycles. The molecule has 6 heteroatoms. The van der Waals surface area contributed by atoms with Crippen LogP contribution in [0.1, 0.15) is 207 Å². The van der Waals surface area contributed by atoms with E-state index in [2.05, 4.69) is 25.7 Å². The molecule has 46 heavy (non-hydrogen) atoms. The Morgan fingerprint density at radius 3 is 1.43 bits per heavy atom. The SMILES string of the molecule is CCCCCCCCC(CCCCCCCC)OC(=O)CCCCCN(CCO)CCCCCCCC(=O)OCCCCCCC. The Hall–Kier alpha value is -1.14. The molecule has 0 aromatic heterocycles. The summed E-state index contributed by atoms with van der Waals surface area (Å²) in [6.07, 6.45) is 32.7. The Bertz CT molecular complexity index is 627. The van der Waals surface area contributed by atoms with Crippen molar-refractivity contribution in [2.45, 2.75) is 213 Å². The predicted molar refractivity (Wildman–Crippen MR) is 195 cm³/mol. The summed E-state index contributed by atoms with van der Waals surface area (Å²) in [5, 5.41) is 9.52. The van der Waals surface area contributed by atoms with Crippen molar-refractivity contribution in [3.8, 4) is 0 Å². The van der Waals surface area contributed by atoms with Gasteiger partial charge in [0.1, 0.15) is 6.10 Å². The van der Waals surface area contributed by atoms with Gasteiger partial charge in [-0.05, 0) is 70.9 Å². The number of hydrogen-bond acceptors (Lipinski definition) is 6. The van der Waals surface area contributed by atoms with Gasteiger partial charge in [-0.15, -0.1) is 0 Å². The fraction of sp³-hybridized carbons (Fsp3) is 0.950. The fourth-order valence-corrected chi connectivity index (χ4v) is 6.17. The molecule has 0 radical (unpaired) electrons. The van der Waals surface area contributed by atoms with Gasteiger partial charge >= 0.3 is 11.9 Å². The summed E-state index contributed by atoms with van der Waals surface area (Å²) >= 11 is 0. The van der Waals surface area contributed by atoms with Crippen LogP contribution >= 0.6 is 0 Å². The maximum Gasteiger partial charge on any atom is 0.306 e. The lowest BCUT2D eigenvalue weighted by Crippen LogP contribution is -2.29. The van der Waals surface area contributed by atoms with Crippen molar-refractivity contribution >= 4 is 11.9 Å². The summed E-state index contributed by atoms with van der Waals surface area (Å²) < 4.78 is 11.4. The zero-order valence-corrected chi connectivity index (χ0v) is 31.1. The molecular formula is C40H79NO5. The van der Waals surface area contributed by atoms with Crippen LogP contribution in [0.2, 0.25) is 0 Å². The van der Waals surface area contributed by atoms with Crippen molar-refractivity contribution in [3.05, 3.63) is 0 Å². The van der Waals surface area contributed by atoms with Gasteiger partial charge in [-0.1, -0.05) is 136 Å². The second-order valence-electron chi connectivity index (χ2n) is 13.8. The molecule has 0 rings (SSSR count). The van der Waals surface area contributed by atoms with E-state index in [4.69, 9.17) is 9.47 Å². The number of aliphatic hydroxyl groups excluding tert-OH is 1. The third kappa shape index (κ3) is 32.8. The van der Waals surface area contributed by atoms with Gasteiger partial charge in [-0.25, -0.2) is 0 Å². The predicted octanol–water partition coefficient (Wildman–Crippen LogP) is 11.1. The first-order valence-electron chi connectivity index (χ1n) is 20.3. The average molecular weight is 654 g/mol. The number of esters is 2. The van der Waals surface area contributed by atoms with Crippen LogP contribution in [0.5, 0.6) is 0 Å². The highest BCUT2D eigenvalue weighted by Gasteiger charge is 2.14. The molecule has 0 fully saturated rings. The van der Waals surface area contributed by atoms with Gasteiger partial charge in [0.2, 0.25) is 0 Å². The van der Waals surface area contributed by atoms with E-state index in [0.717, 1.165) is 90.1 Å². The second-order valence-corrected chi connectivity index (χ2v) is 13.8. The zero-order chi connectivity index (χ0) is 33.8. The highest BCUT2D eigenvalue weighted by atomic mass is 16.5. The van der Waals surface area contributed by atoms with Gasteiger partial charge in [0.05, 0.1) is 13.2 Å². The van der Waals surface area contributed by atoms with Crippen LogP contribution in [0, 0.1) is 0 Å². The number of rotatable bonds is 37. The van der Waals surface area contributed by atoms with Crippen LogP contribution in [0.4, 0.5) is 0 Å². The molecule has 6 nitrogen and oxygen atoms in total. The molecule has 0 aromatic rings. The van der Waals surface area contributed by atoms with Crippen LogP contribution in [-0.2, 0) is 19.1 Å². The molecule has 0 aliphatic rings. The van der Waals surface area contributed by atoms with E-state index in [0.29, 0.717) is 26.0 Å². The van der Waals surface area contributed by atoms with E-state index in [9.17, 15) is 14.7 Å². The third-order valence-electron chi connectivity index (χ3n) is 9.20. The molecule has 0 aliphatic heterocycles. The van der Waals surface area contributed by atoms with Crippen molar-refractivity contribution in [1.82, 2.24) is 4.90 Å². The number of carbonyl (C=O) groups excluding carboxylic acids is 2. The molecule has 0 saturated carbocycles. The largest absolute Gasteiger partial charge is 0.466 e. The first kappa shape index (κ1) is 44.9. The molecular weight excluding hydrogens is 574 g/mol. The lowest BCUT2D eigenvalue weighted by atomic mass is 10.0. The van der Waals surface area contributed by atoms with Crippen molar-refractivity contribution < 1.29 is 24.2 Å². The summed E-state index contributed by atoms with van der Waals surface area (Å²) in [6, 6.07) is 0. The second kappa shape index (κ2) is 36.7. The monoisotopic (exact) mass is 654 g/mol. The maximum absolute atomic E-state index is 12.7. The van der Waals surface area contributed by atoms with E-state index < -0.39 is 0 Å². The van der Waals surface area contributed by atoms with E-state index in [-0.39, 0.29) is 24.6 Å². The minimum Gasteiger partial charge on any atom is -0.466 e. The molecule has 0 atom stereocenters. The van der Waals surface area contributed by atoms with Crippen molar-refractivity contribution in [3.63, 3.8) is 0 Å². The highest BCUT2D eigenvalue weighted by molar-refractivity contribution is 5.69. The average Bonchev–Trinajstić information content (AvgIpc) is 3.05. The first-order chi connectivity index (χ1) is 22.6. The summed E-state index contributed by atoms with van der Waals surface area (Å²) in [7, 11) is 0. The minimum atomic E-state index is -0.0426. The first-order valence-corrected chi connectivity index (χ1v) is 20.3. The number of unbranched alkanes of at least 4 members (excludes halogenated alkanes) is 20. The third-order valence-corrected chi connectivity index (χ3v) is 9.20. The van der Waals surface area contributed by atoms with Crippen LogP contribution in [0.15, 0.2) is 0 Å². The van der Waals surface area contributed by atoms with Gasteiger partial charge in [0, 0.05) is 19.4 Å². The van der Waals surface area contributed by atoms with Crippen LogP contribution in [0.25, 0.3) is 0 Å². The smallest absolute Gasteiger partial charge is 0.306 e. The van der Waals surface area contributed by atoms with E-state index in [1.54, 1.807) is 0 Å². The fourth-order valence-electron chi connectivity index (χ4n) is 6.17. The molecule has 0 amide bonds. The van der Waals surface area contributed by atoms with E-state index in [1.165, 1.54) is 96.3 Å². The number of aliphatic hydroxyl groups is 1. The van der Waals surface area contributed by atoms with Crippen LogP contribution < -0.4 is 0 Å². The number of ether oxygens (including phenoxy) is 2. The lowest BCUT2D eigenvalue weighted by molar-refractivity contribution is -0.150. The Kier molecular flexibility index (Phi) is 35.8. The normalized spacial score (nSPS) is 11.5. The molecule has 1 N–H and O–H groups in total. The van der Waals surface area contributed by atoms with Crippen molar-refractivity contribution in [2.75, 3.05) is 32.8 Å².